The summed E-state index contributed by atoms with van der Waals surface area (Å²) in [5.74, 6) is -0.363. The average molecular weight is 306 g/mol. The minimum absolute atomic E-state index is 0.232. The highest BCUT2D eigenvalue weighted by molar-refractivity contribution is 5.68. The number of rotatable bonds is 1. The highest BCUT2D eigenvalue weighted by Gasteiger charge is 2.36. The molecule has 112 valence electrons. The van der Waals surface area contributed by atoms with Crippen molar-refractivity contribution >= 4 is 5.82 Å². The van der Waals surface area contributed by atoms with E-state index < -0.39 is 29.2 Å². The van der Waals surface area contributed by atoms with Crippen molar-refractivity contribution in [2.45, 2.75) is 12.4 Å². The van der Waals surface area contributed by atoms with Crippen LogP contribution in [-0.4, -0.2) is 4.98 Å². The molecule has 0 amide bonds. The molecule has 0 saturated carbocycles. The van der Waals surface area contributed by atoms with Gasteiger partial charge in [0.05, 0.1) is 5.56 Å². The average Bonchev–Trinajstić information content (AvgIpc) is 2.37. The van der Waals surface area contributed by atoms with Crippen LogP contribution in [0, 0.1) is 0 Å². The monoisotopic (exact) mass is 306 g/mol. The lowest BCUT2D eigenvalue weighted by molar-refractivity contribution is -0.140. The first kappa shape index (κ1) is 15.1. The second-order valence-electron chi connectivity index (χ2n) is 4.21. The molecule has 0 saturated heterocycles. The number of hydrogen-bond acceptors (Lipinski definition) is 2. The predicted molar refractivity (Wildman–Crippen MR) is 64.1 cm³/mol. The van der Waals surface area contributed by atoms with E-state index in [0.717, 1.165) is 30.3 Å². The molecule has 2 rings (SSSR count). The highest BCUT2D eigenvalue weighted by atomic mass is 19.4. The summed E-state index contributed by atoms with van der Waals surface area (Å²) in [7, 11) is 0. The molecule has 21 heavy (non-hydrogen) atoms. The van der Waals surface area contributed by atoms with Crippen molar-refractivity contribution in [2.75, 3.05) is 5.73 Å². The van der Waals surface area contributed by atoms with Gasteiger partial charge in [-0.25, -0.2) is 4.98 Å². The molecule has 0 unspecified atom stereocenters. The van der Waals surface area contributed by atoms with E-state index in [9.17, 15) is 26.3 Å². The molecule has 0 radical (unpaired) electrons. The van der Waals surface area contributed by atoms with Gasteiger partial charge in [0, 0.05) is 5.56 Å². The number of nitrogen functional groups attached to an aromatic ring is 1. The van der Waals surface area contributed by atoms with Crippen molar-refractivity contribution in [3.05, 3.63) is 47.7 Å². The molecule has 2 N–H and O–H groups in total. The highest BCUT2D eigenvalue weighted by Crippen LogP contribution is 2.38. The maximum Gasteiger partial charge on any atom is 0.434 e. The van der Waals surface area contributed by atoms with Crippen molar-refractivity contribution in [3.8, 4) is 11.1 Å². The van der Waals surface area contributed by atoms with Crippen molar-refractivity contribution < 1.29 is 26.3 Å². The lowest BCUT2D eigenvalue weighted by Gasteiger charge is -2.14. The number of pyridine rings is 1. The molecule has 2 nitrogen and oxygen atoms in total. The van der Waals surface area contributed by atoms with E-state index in [0.29, 0.717) is 6.07 Å². The van der Waals surface area contributed by atoms with Crippen LogP contribution >= 0.6 is 0 Å². The summed E-state index contributed by atoms with van der Waals surface area (Å²) >= 11 is 0. The summed E-state index contributed by atoms with van der Waals surface area (Å²) in [6.07, 6.45) is -9.46. The third-order valence-electron chi connectivity index (χ3n) is 2.69. The lowest BCUT2D eigenvalue weighted by atomic mass is 10.0. The van der Waals surface area contributed by atoms with E-state index in [4.69, 9.17) is 5.73 Å². The molecule has 0 aliphatic carbocycles. The van der Waals surface area contributed by atoms with Crippen molar-refractivity contribution in [2.24, 2.45) is 0 Å². The van der Waals surface area contributed by atoms with Crippen molar-refractivity contribution in [1.82, 2.24) is 4.98 Å². The number of nitrogens with zero attached hydrogens (tertiary/aromatic N) is 1. The topological polar surface area (TPSA) is 38.9 Å². The van der Waals surface area contributed by atoms with E-state index >= 15 is 0 Å². The van der Waals surface area contributed by atoms with Crippen LogP contribution in [0.25, 0.3) is 11.1 Å². The van der Waals surface area contributed by atoms with E-state index in [2.05, 4.69) is 4.98 Å². The number of aromatic nitrogens is 1. The standard InChI is InChI=1S/C13H8F6N2/c14-12(15,16)8-3-1-2-7(6-8)9-4-5-10(20)21-11(9)13(17,18)19/h1-6H,(H2,20,21). The number of nitrogens with two attached hydrogens (primary N) is 1. The van der Waals surface area contributed by atoms with Gasteiger partial charge in [-0.05, 0) is 29.8 Å². The minimum atomic E-state index is -4.82. The first-order valence-corrected chi connectivity index (χ1v) is 5.60. The molecular formula is C13H8F6N2. The number of halogens is 6. The summed E-state index contributed by atoms with van der Waals surface area (Å²) in [5, 5.41) is 0. The summed E-state index contributed by atoms with van der Waals surface area (Å²) in [6.45, 7) is 0. The maximum absolute atomic E-state index is 12.9. The Morgan fingerprint density at radius 1 is 0.857 bits per heavy atom. The van der Waals surface area contributed by atoms with E-state index in [1.54, 1.807) is 0 Å². The molecule has 0 spiro atoms. The zero-order chi connectivity index (χ0) is 15.8. The summed E-state index contributed by atoms with van der Waals surface area (Å²) < 4.78 is 76.6. The molecule has 8 heteroatoms. The van der Waals surface area contributed by atoms with Gasteiger partial charge < -0.3 is 5.73 Å². The Labute approximate surface area is 115 Å². The third kappa shape index (κ3) is 3.26. The Morgan fingerprint density at radius 2 is 1.52 bits per heavy atom. The fraction of sp³-hybridized carbons (Fsp3) is 0.154. The predicted octanol–water partition coefficient (Wildman–Crippen LogP) is 4.37. The van der Waals surface area contributed by atoms with Gasteiger partial charge in [0.15, 0.2) is 5.69 Å². The minimum Gasteiger partial charge on any atom is -0.384 e. The largest absolute Gasteiger partial charge is 0.434 e. The van der Waals surface area contributed by atoms with Crippen LogP contribution in [0.2, 0.25) is 0 Å². The van der Waals surface area contributed by atoms with E-state index in [-0.39, 0.29) is 11.4 Å². The molecule has 0 aliphatic rings. The van der Waals surface area contributed by atoms with Crippen LogP contribution in [0.3, 0.4) is 0 Å². The van der Waals surface area contributed by atoms with Gasteiger partial charge in [-0.2, -0.15) is 26.3 Å². The zero-order valence-electron chi connectivity index (χ0n) is 10.3. The van der Waals surface area contributed by atoms with Crippen LogP contribution < -0.4 is 5.73 Å². The lowest BCUT2D eigenvalue weighted by Crippen LogP contribution is -2.12. The van der Waals surface area contributed by atoms with Crippen LogP contribution in [0.1, 0.15) is 11.3 Å². The number of anilines is 1. The van der Waals surface area contributed by atoms with Crippen LogP contribution in [0.4, 0.5) is 32.2 Å². The van der Waals surface area contributed by atoms with E-state index in [1.165, 1.54) is 0 Å². The smallest absolute Gasteiger partial charge is 0.384 e. The van der Waals surface area contributed by atoms with E-state index in [1.807, 2.05) is 0 Å². The Balaban J connectivity index is 2.63. The summed E-state index contributed by atoms with van der Waals surface area (Å²) in [4.78, 5) is 3.18. The normalized spacial score (nSPS) is 12.5. The van der Waals surface area contributed by atoms with Crippen molar-refractivity contribution in [3.63, 3.8) is 0 Å². The quantitative estimate of drug-likeness (QED) is 0.795. The fourth-order valence-corrected chi connectivity index (χ4v) is 1.79. The molecular weight excluding hydrogens is 298 g/mol. The first-order valence-electron chi connectivity index (χ1n) is 5.60. The molecule has 1 heterocycles. The Hall–Kier alpha value is -2.25. The summed E-state index contributed by atoms with van der Waals surface area (Å²) in [5.41, 5.74) is 2.17. The van der Waals surface area contributed by atoms with Crippen LogP contribution in [0.5, 0.6) is 0 Å². The first-order chi connectivity index (χ1) is 9.59. The molecule has 0 aliphatic heterocycles. The van der Waals surface area contributed by atoms with Crippen LogP contribution in [0.15, 0.2) is 36.4 Å². The van der Waals surface area contributed by atoms with Gasteiger partial charge in [-0.3, -0.25) is 0 Å². The van der Waals surface area contributed by atoms with Gasteiger partial charge in [0.25, 0.3) is 0 Å². The summed E-state index contributed by atoms with van der Waals surface area (Å²) in [6, 6.07) is 5.71. The maximum atomic E-state index is 12.9. The number of hydrogen-bond donors (Lipinski definition) is 1. The second kappa shape index (κ2) is 4.94. The van der Waals surface area contributed by atoms with Gasteiger partial charge in [-0.15, -0.1) is 0 Å². The molecule has 0 fully saturated rings. The molecule has 0 bridgehead atoms. The number of benzene rings is 1. The number of alkyl halides is 6. The molecule has 1 aromatic carbocycles. The van der Waals surface area contributed by atoms with Gasteiger partial charge in [0.2, 0.25) is 0 Å². The Kier molecular flexibility index (Phi) is 3.56. The van der Waals surface area contributed by atoms with Gasteiger partial charge >= 0.3 is 12.4 Å². The second-order valence-corrected chi connectivity index (χ2v) is 4.21. The van der Waals surface area contributed by atoms with Gasteiger partial charge in [0.1, 0.15) is 5.82 Å². The zero-order valence-corrected chi connectivity index (χ0v) is 10.3. The van der Waals surface area contributed by atoms with Gasteiger partial charge in [-0.1, -0.05) is 12.1 Å². The third-order valence-corrected chi connectivity index (χ3v) is 2.69. The Bertz CT molecular complexity index is 660. The van der Waals surface area contributed by atoms with Crippen LogP contribution in [-0.2, 0) is 12.4 Å². The SMILES string of the molecule is Nc1ccc(-c2cccc(C(F)(F)F)c2)c(C(F)(F)F)n1. The Morgan fingerprint density at radius 3 is 2.10 bits per heavy atom. The molecule has 0 atom stereocenters. The van der Waals surface area contributed by atoms with Crippen molar-refractivity contribution in [1.29, 1.82) is 0 Å². The molecule has 1 aromatic heterocycles. The fourth-order valence-electron chi connectivity index (χ4n) is 1.79. The molecule has 2 aromatic rings.